The number of methoxy groups -OCH3 is 1. The van der Waals surface area contributed by atoms with Gasteiger partial charge in [-0.25, -0.2) is 4.79 Å². The molecule has 0 aromatic rings. The fourth-order valence-corrected chi connectivity index (χ4v) is 6.50. The van der Waals surface area contributed by atoms with Gasteiger partial charge in [0.25, 0.3) is 0 Å². The first-order valence-corrected chi connectivity index (χ1v) is 15.2. The van der Waals surface area contributed by atoms with Crippen molar-refractivity contribution in [3.63, 3.8) is 0 Å². The Balaban J connectivity index is 1.45. The monoisotopic (exact) mass is 561 g/mol. The van der Waals surface area contributed by atoms with Gasteiger partial charge in [0.1, 0.15) is 5.76 Å². The zero-order chi connectivity index (χ0) is 28.6. The average Bonchev–Trinajstić information content (AvgIpc) is 3.57. The Morgan fingerprint density at radius 3 is 2.70 bits per heavy atom. The molecule has 3 heterocycles. The lowest BCUT2D eigenvalue weighted by molar-refractivity contribution is -0.133. The molecule has 0 bridgehead atoms. The van der Waals surface area contributed by atoms with Crippen molar-refractivity contribution in [1.29, 1.82) is 0 Å². The van der Waals surface area contributed by atoms with Gasteiger partial charge in [-0.3, -0.25) is 9.69 Å². The first kappa shape index (κ1) is 30.5. The summed E-state index contributed by atoms with van der Waals surface area (Å²) in [5, 5.41) is 0. The highest BCUT2D eigenvalue weighted by Gasteiger charge is 2.41. The van der Waals surface area contributed by atoms with Crippen molar-refractivity contribution in [1.82, 2.24) is 24.5 Å². The molecule has 10 heteroatoms. The molecular weight excluding hydrogens is 510 g/mol. The summed E-state index contributed by atoms with van der Waals surface area (Å²) < 4.78 is 17.1. The number of carbonyl (C=O) groups excluding carboxylic acids is 2. The Labute approximate surface area is 240 Å². The number of hydrogen-bond acceptors (Lipinski definition) is 7. The van der Waals surface area contributed by atoms with E-state index in [0.717, 1.165) is 108 Å². The predicted molar refractivity (Wildman–Crippen MR) is 154 cm³/mol. The fourth-order valence-electron chi connectivity index (χ4n) is 6.50. The van der Waals surface area contributed by atoms with Crippen molar-refractivity contribution in [3.05, 3.63) is 23.4 Å². The zero-order valence-corrected chi connectivity index (χ0v) is 25.4. The van der Waals surface area contributed by atoms with E-state index in [4.69, 9.17) is 14.2 Å². The number of hydrogen-bond donors (Lipinski definition) is 0. The number of rotatable bonds is 14. The highest BCUT2D eigenvalue weighted by molar-refractivity contribution is 5.78. The highest BCUT2D eigenvalue weighted by Crippen LogP contribution is 2.41. The molecule has 0 radical (unpaired) electrons. The minimum Gasteiger partial charge on any atom is -0.497 e. The minimum atomic E-state index is 0.118. The number of unbranched alkanes of at least 4 members (excludes halogenated alkanes) is 1. The molecule has 4 aliphatic rings. The van der Waals surface area contributed by atoms with Crippen LogP contribution in [-0.4, -0.2) is 130 Å². The summed E-state index contributed by atoms with van der Waals surface area (Å²) in [6, 6.07) is 0.368. The molecule has 226 valence electrons. The summed E-state index contributed by atoms with van der Waals surface area (Å²) in [7, 11) is 7.73. The summed E-state index contributed by atoms with van der Waals surface area (Å²) in [5.41, 5.74) is 0. The van der Waals surface area contributed by atoms with Gasteiger partial charge in [0.15, 0.2) is 5.76 Å². The van der Waals surface area contributed by atoms with Gasteiger partial charge in [-0.05, 0) is 70.7 Å². The van der Waals surface area contributed by atoms with Crippen molar-refractivity contribution < 1.29 is 23.8 Å². The first-order valence-electron chi connectivity index (χ1n) is 15.2. The topological polar surface area (TPSA) is 78.0 Å². The molecular formula is C30H51N5O5. The summed E-state index contributed by atoms with van der Waals surface area (Å²) in [6.07, 6.45) is 8.92. The third-order valence-electron chi connectivity index (χ3n) is 8.85. The summed E-state index contributed by atoms with van der Waals surface area (Å²) >= 11 is 0. The number of fused-ring (bicyclic) bond motifs is 1. The second-order valence-corrected chi connectivity index (χ2v) is 12.1. The Morgan fingerprint density at radius 1 is 1.15 bits per heavy atom. The number of ether oxygens (including phenoxy) is 3. The van der Waals surface area contributed by atoms with Gasteiger partial charge in [-0.15, -0.1) is 0 Å². The van der Waals surface area contributed by atoms with Crippen LogP contribution in [0.5, 0.6) is 0 Å². The smallest absolute Gasteiger partial charge is 0.319 e. The van der Waals surface area contributed by atoms with Crippen molar-refractivity contribution in [2.24, 2.45) is 11.8 Å². The number of likely N-dealkylation sites (tertiary alicyclic amines) is 1. The van der Waals surface area contributed by atoms with Crippen LogP contribution in [0, 0.1) is 11.8 Å². The lowest BCUT2D eigenvalue weighted by Gasteiger charge is -2.35. The van der Waals surface area contributed by atoms with Gasteiger partial charge >= 0.3 is 6.03 Å². The van der Waals surface area contributed by atoms with E-state index in [0.29, 0.717) is 12.5 Å². The van der Waals surface area contributed by atoms with Crippen molar-refractivity contribution in [2.75, 3.05) is 87.4 Å². The second-order valence-electron chi connectivity index (χ2n) is 12.1. The largest absolute Gasteiger partial charge is 0.497 e. The minimum absolute atomic E-state index is 0.118. The maximum absolute atomic E-state index is 13.7. The molecule has 0 spiro atoms. The van der Waals surface area contributed by atoms with Crippen LogP contribution in [0.25, 0.3) is 0 Å². The van der Waals surface area contributed by atoms with Crippen LogP contribution in [0.2, 0.25) is 0 Å². The molecule has 1 aliphatic carbocycles. The molecule has 4 rings (SSSR count). The van der Waals surface area contributed by atoms with Crippen LogP contribution < -0.4 is 0 Å². The molecule has 0 aromatic heterocycles. The number of carbonyl (C=O) groups is 2. The lowest BCUT2D eigenvalue weighted by atomic mass is 9.83. The van der Waals surface area contributed by atoms with Crippen molar-refractivity contribution in [3.8, 4) is 0 Å². The van der Waals surface area contributed by atoms with E-state index in [2.05, 4.69) is 41.8 Å². The van der Waals surface area contributed by atoms with Crippen molar-refractivity contribution in [2.45, 2.75) is 57.9 Å². The number of nitrogens with zero attached hydrogens (tertiary/aromatic N) is 5. The predicted octanol–water partition coefficient (Wildman–Crippen LogP) is 3.17. The maximum Gasteiger partial charge on any atom is 0.319 e. The third kappa shape index (κ3) is 7.63. The van der Waals surface area contributed by atoms with Crippen LogP contribution >= 0.6 is 0 Å². The maximum atomic E-state index is 13.7. The molecule has 3 saturated heterocycles. The molecule has 0 aromatic carbocycles. The van der Waals surface area contributed by atoms with Crippen LogP contribution in [0.3, 0.4) is 0 Å². The van der Waals surface area contributed by atoms with Crippen LogP contribution in [0.15, 0.2) is 23.4 Å². The van der Waals surface area contributed by atoms with E-state index in [1.807, 2.05) is 16.8 Å². The van der Waals surface area contributed by atoms with Gasteiger partial charge in [0, 0.05) is 58.8 Å². The SMILES string of the molecule is CCCCN(CCCN(C)C)C(=O)CN1C[C@H](C2C=C3OCOC3=C(OC)C2)C[C@@H]1CCN1CCCN(C)C1=O. The standard InChI is InChI=1S/C30H51N5O5/c1-6-7-13-33(14-8-11-31(2)3)28(36)21-35-20-24(23-18-26(38-5)29-27(19-23)39-22-40-29)17-25(35)10-16-34-15-9-12-32(4)30(34)37/h19,23-25H,6-18,20-22H2,1-5H3/t23?,24-,25+/m1/s1. The van der Waals surface area contributed by atoms with Gasteiger partial charge < -0.3 is 33.8 Å². The third-order valence-corrected chi connectivity index (χ3v) is 8.85. The molecule has 3 amide bonds. The number of urea groups is 1. The fraction of sp³-hybridized carbons (Fsp3) is 0.800. The zero-order valence-electron chi connectivity index (χ0n) is 25.4. The summed E-state index contributed by atoms with van der Waals surface area (Å²) in [4.78, 5) is 36.9. The molecule has 3 fully saturated rings. The second kappa shape index (κ2) is 14.4. The van der Waals surface area contributed by atoms with Gasteiger partial charge in [0.2, 0.25) is 18.5 Å². The Kier molecular flexibility index (Phi) is 11.0. The molecule has 10 nitrogen and oxygen atoms in total. The van der Waals surface area contributed by atoms with Crippen molar-refractivity contribution >= 4 is 11.9 Å². The molecule has 3 atom stereocenters. The number of allylic oxidation sites excluding steroid dienone is 2. The molecule has 0 saturated carbocycles. The summed E-state index contributed by atoms with van der Waals surface area (Å²) in [5.74, 6) is 3.22. The first-order chi connectivity index (χ1) is 19.3. The summed E-state index contributed by atoms with van der Waals surface area (Å²) in [6.45, 7) is 8.64. The van der Waals surface area contributed by atoms with Crippen LogP contribution in [0.1, 0.15) is 51.9 Å². The molecule has 0 N–H and O–H groups in total. The molecule has 1 unspecified atom stereocenters. The van der Waals surface area contributed by atoms with E-state index in [9.17, 15) is 9.59 Å². The lowest BCUT2D eigenvalue weighted by Crippen LogP contribution is -2.49. The highest BCUT2D eigenvalue weighted by atomic mass is 16.7. The molecule has 3 aliphatic heterocycles. The van der Waals surface area contributed by atoms with E-state index in [-0.39, 0.29) is 30.7 Å². The molecule has 40 heavy (non-hydrogen) atoms. The van der Waals surface area contributed by atoms with E-state index < -0.39 is 0 Å². The van der Waals surface area contributed by atoms with E-state index in [1.54, 1.807) is 7.11 Å². The van der Waals surface area contributed by atoms with E-state index >= 15 is 0 Å². The average molecular weight is 562 g/mol. The van der Waals surface area contributed by atoms with Crippen LogP contribution in [0.4, 0.5) is 4.79 Å². The Morgan fingerprint density at radius 2 is 1.95 bits per heavy atom. The van der Waals surface area contributed by atoms with Gasteiger partial charge in [-0.2, -0.15) is 0 Å². The number of amides is 3. The Bertz CT molecular complexity index is 937. The van der Waals surface area contributed by atoms with E-state index in [1.165, 1.54) is 0 Å². The Hall–Kier alpha value is -2.46. The van der Waals surface area contributed by atoms with Crippen LogP contribution in [-0.2, 0) is 19.0 Å². The normalized spacial score (nSPS) is 25.2. The van der Waals surface area contributed by atoms with Gasteiger partial charge in [-0.1, -0.05) is 13.3 Å². The quantitative estimate of drug-likeness (QED) is 0.322. The van der Waals surface area contributed by atoms with Gasteiger partial charge in [0.05, 0.1) is 13.7 Å².